The van der Waals surface area contributed by atoms with Crippen LogP contribution >= 0.6 is 0 Å². The lowest BCUT2D eigenvalue weighted by Crippen LogP contribution is -2.42. The van der Waals surface area contributed by atoms with Gasteiger partial charge in [-0.05, 0) is 18.9 Å². The number of benzene rings is 1. The Balaban J connectivity index is 1.83. The van der Waals surface area contributed by atoms with Crippen molar-refractivity contribution in [3.05, 3.63) is 35.9 Å². The first-order valence-corrected chi connectivity index (χ1v) is 10.7. The standard InChI is InChI=1S/C18H30N4O3S/c1-3-19-18(22(2)14-17-9-11-25-15-17)20-10-12-26(23,24)21-13-16-7-5-4-6-8-16/h4-8,17,21H,3,9-15H2,1-2H3,(H,19,20). The average molecular weight is 383 g/mol. The summed E-state index contributed by atoms with van der Waals surface area (Å²) in [5.74, 6) is 1.20. The van der Waals surface area contributed by atoms with Crippen molar-refractivity contribution in [3.8, 4) is 0 Å². The lowest BCUT2D eigenvalue weighted by Gasteiger charge is -2.24. The highest BCUT2D eigenvalue weighted by atomic mass is 32.2. The summed E-state index contributed by atoms with van der Waals surface area (Å²) in [6.45, 7) is 5.71. The van der Waals surface area contributed by atoms with Crippen molar-refractivity contribution in [2.24, 2.45) is 10.9 Å². The summed E-state index contributed by atoms with van der Waals surface area (Å²) in [5.41, 5.74) is 0.937. The maximum atomic E-state index is 12.2. The van der Waals surface area contributed by atoms with Crippen LogP contribution in [0.3, 0.4) is 0 Å². The van der Waals surface area contributed by atoms with Crippen LogP contribution in [0, 0.1) is 5.92 Å². The van der Waals surface area contributed by atoms with Crippen molar-refractivity contribution in [3.63, 3.8) is 0 Å². The molecule has 8 heteroatoms. The molecule has 1 fully saturated rings. The van der Waals surface area contributed by atoms with Crippen LogP contribution < -0.4 is 10.0 Å². The Kier molecular flexibility index (Phi) is 8.34. The minimum Gasteiger partial charge on any atom is -0.381 e. The highest BCUT2D eigenvalue weighted by Crippen LogP contribution is 2.13. The first kappa shape index (κ1) is 20.7. The van der Waals surface area contributed by atoms with Crippen LogP contribution in [0.1, 0.15) is 18.9 Å². The molecule has 2 rings (SSSR count). The van der Waals surface area contributed by atoms with Gasteiger partial charge < -0.3 is 15.0 Å². The van der Waals surface area contributed by atoms with E-state index in [1.807, 2.05) is 49.2 Å². The third kappa shape index (κ3) is 7.31. The van der Waals surface area contributed by atoms with Gasteiger partial charge >= 0.3 is 0 Å². The first-order chi connectivity index (χ1) is 12.5. The van der Waals surface area contributed by atoms with Crippen molar-refractivity contribution in [1.29, 1.82) is 0 Å². The largest absolute Gasteiger partial charge is 0.381 e. The number of sulfonamides is 1. The molecule has 0 amide bonds. The normalized spacial score (nSPS) is 18.1. The fourth-order valence-corrected chi connectivity index (χ4v) is 3.67. The van der Waals surface area contributed by atoms with Crippen LogP contribution in [0.5, 0.6) is 0 Å². The zero-order valence-corrected chi connectivity index (χ0v) is 16.5. The maximum absolute atomic E-state index is 12.2. The molecule has 0 bridgehead atoms. The molecule has 0 aliphatic carbocycles. The molecule has 1 aliphatic rings. The molecule has 0 radical (unpaired) electrons. The van der Waals surface area contributed by atoms with Crippen molar-refractivity contribution in [2.75, 3.05) is 45.6 Å². The summed E-state index contributed by atoms with van der Waals surface area (Å²) in [6, 6.07) is 9.48. The van der Waals surface area contributed by atoms with E-state index in [9.17, 15) is 8.42 Å². The Bertz CT molecular complexity index is 658. The van der Waals surface area contributed by atoms with Gasteiger partial charge in [-0.2, -0.15) is 0 Å². The minimum atomic E-state index is -3.36. The summed E-state index contributed by atoms with van der Waals surface area (Å²) in [5, 5.41) is 3.22. The van der Waals surface area contributed by atoms with E-state index in [2.05, 4.69) is 15.0 Å². The lowest BCUT2D eigenvalue weighted by atomic mass is 10.1. The molecule has 146 valence electrons. The molecule has 1 aliphatic heterocycles. The van der Waals surface area contributed by atoms with Gasteiger partial charge in [0.25, 0.3) is 0 Å². The molecular formula is C18H30N4O3S. The van der Waals surface area contributed by atoms with E-state index < -0.39 is 10.0 Å². The number of nitrogens with one attached hydrogen (secondary N) is 2. The second-order valence-electron chi connectivity index (χ2n) is 6.47. The SMILES string of the molecule is CCNC(=NCCS(=O)(=O)NCc1ccccc1)N(C)CC1CCOC1. The van der Waals surface area contributed by atoms with Crippen molar-refractivity contribution in [1.82, 2.24) is 14.9 Å². The number of hydrogen-bond acceptors (Lipinski definition) is 4. The Labute approximate surface area is 156 Å². The molecule has 2 N–H and O–H groups in total. The fraction of sp³-hybridized carbons (Fsp3) is 0.611. The van der Waals surface area contributed by atoms with Gasteiger partial charge in [0.2, 0.25) is 10.0 Å². The van der Waals surface area contributed by atoms with E-state index in [1.54, 1.807) is 0 Å². The number of guanidine groups is 1. The van der Waals surface area contributed by atoms with E-state index in [0.717, 1.165) is 44.2 Å². The molecule has 1 aromatic carbocycles. The van der Waals surface area contributed by atoms with Crippen molar-refractivity contribution < 1.29 is 13.2 Å². The molecule has 1 atom stereocenters. The van der Waals surface area contributed by atoms with Gasteiger partial charge in [0, 0.05) is 39.2 Å². The third-order valence-corrected chi connectivity index (χ3v) is 5.52. The lowest BCUT2D eigenvalue weighted by molar-refractivity contribution is 0.181. The van der Waals surface area contributed by atoms with E-state index in [0.29, 0.717) is 12.5 Å². The monoisotopic (exact) mass is 382 g/mol. The molecule has 0 spiro atoms. The number of ether oxygens (including phenoxy) is 1. The molecule has 7 nitrogen and oxygen atoms in total. The zero-order chi connectivity index (χ0) is 18.8. The highest BCUT2D eigenvalue weighted by molar-refractivity contribution is 7.89. The summed E-state index contributed by atoms with van der Waals surface area (Å²) in [4.78, 5) is 6.52. The molecule has 1 heterocycles. The predicted octanol–water partition coefficient (Wildman–Crippen LogP) is 1.04. The second kappa shape index (κ2) is 10.5. The second-order valence-corrected chi connectivity index (χ2v) is 8.40. The number of aliphatic imine (C=N–C) groups is 1. The van der Waals surface area contributed by atoms with E-state index in [4.69, 9.17) is 4.74 Å². The molecule has 1 saturated heterocycles. The van der Waals surface area contributed by atoms with Gasteiger partial charge in [-0.1, -0.05) is 30.3 Å². The Hall–Kier alpha value is -1.64. The molecular weight excluding hydrogens is 352 g/mol. The number of hydrogen-bond donors (Lipinski definition) is 2. The molecule has 0 aromatic heterocycles. The van der Waals surface area contributed by atoms with E-state index >= 15 is 0 Å². The van der Waals surface area contributed by atoms with Crippen LogP contribution in [0.4, 0.5) is 0 Å². The highest BCUT2D eigenvalue weighted by Gasteiger charge is 2.19. The van der Waals surface area contributed by atoms with Gasteiger partial charge in [-0.3, -0.25) is 4.99 Å². The maximum Gasteiger partial charge on any atom is 0.213 e. The molecule has 1 unspecified atom stereocenters. The van der Waals surface area contributed by atoms with Gasteiger partial charge in [0.05, 0.1) is 18.9 Å². The topological polar surface area (TPSA) is 83.0 Å². The number of nitrogens with zero attached hydrogens (tertiary/aromatic N) is 2. The van der Waals surface area contributed by atoms with Crippen molar-refractivity contribution >= 4 is 16.0 Å². The summed E-state index contributed by atoms with van der Waals surface area (Å²) < 4.78 is 32.4. The minimum absolute atomic E-state index is 0.0326. The van der Waals surface area contributed by atoms with Crippen LogP contribution in [0.2, 0.25) is 0 Å². The Morgan fingerprint density at radius 3 is 2.77 bits per heavy atom. The van der Waals surface area contributed by atoms with E-state index in [1.165, 1.54) is 0 Å². The van der Waals surface area contributed by atoms with Crippen LogP contribution in [0.25, 0.3) is 0 Å². The van der Waals surface area contributed by atoms with Crippen LogP contribution in [-0.4, -0.2) is 64.9 Å². The molecule has 26 heavy (non-hydrogen) atoms. The summed E-state index contributed by atoms with van der Waals surface area (Å²) >= 11 is 0. The van der Waals surface area contributed by atoms with Crippen LogP contribution in [-0.2, 0) is 21.3 Å². The zero-order valence-electron chi connectivity index (χ0n) is 15.6. The average Bonchev–Trinajstić information content (AvgIpc) is 3.13. The van der Waals surface area contributed by atoms with Gasteiger partial charge in [-0.15, -0.1) is 0 Å². The van der Waals surface area contributed by atoms with Gasteiger partial charge in [0.15, 0.2) is 5.96 Å². The number of rotatable bonds is 9. The van der Waals surface area contributed by atoms with Gasteiger partial charge in [0.1, 0.15) is 0 Å². The van der Waals surface area contributed by atoms with E-state index in [-0.39, 0.29) is 12.3 Å². The quantitative estimate of drug-likeness (QED) is 0.493. The summed E-state index contributed by atoms with van der Waals surface area (Å²) in [7, 11) is -1.39. The van der Waals surface area contributed by atoms with Crippen LogP contribution in [0.15, 0.2) is 35.3 Å². The molecule has 1 aromatic rings. The fourth-order valence-electron chi connectivity index (χ4n) is 2.80. The Morgan fingerprint density at radius 1 is 1.35 bits per heavy atom. The van der Waals surface area contributed by atoms with Crippen molar-refractivity contribution in [2.45, 2.75) is 19.9 Å². The third-order valence-electron chi connectivity index (χ3n) is 4.21. The predicted molar refractivity (Wildman–Crippen MR) is 105 cm³/mol. The smallest absolute Gasteiger partial charge is 0.213 e. The molecule has 0 saturated carbocycles. The Morgan fingerprint density at radius 2 is 2.12 bits per heavy atom. The first-order valence-electron chi connectivity index (χ1n) is 9.08. The summed E-state index contributed by atoms with van der Waals surface area (Å²) in [6.07, 6.45) is 1.06. The van der Waals surface area contributed by atoms with Gasteiger partial charge in [-0.25, -0.2) is 13.1 Å².